The molecule has 0 heterocycles. The third-order valence-corrected chi connectivity index (χ3v) is 4.28. The Kier molecular flexibility index (Phi) is 4.69. The van der Waals surface area contributed by atoms with Crippen LogP contribution in [0.2, 0.25) is 0 Å². The quantitative estimate of drug-likeness (QED) is 0.869. The average molecular weight is 308 g/mol. The van der Waals surface area contributed by atoms with Crippen molar-refractivity contribution in [3.8, 4) is 0 Å². The predicted octanol–water partition coefficient (Wildman–Crippen LogP) is 4.91. The van der Waals surface area contributed by atoms with E-state index in [0.717, 1.165) is 28.8 Å². The van der Waals surface area contributed by atoms with E-state index in [1.807, 2.05) is 24.3 Å². The second kappa shape index (κ2) is 6.16. The summed E-state index contributed by atoms with van der Waals surface area (Å²) in [6.07, 6.45) is 0. The fraction of sp³-hybridized carbons (Fsp3) is 0.294. The fourth-order valence-corrected chi connectivity index (χ4v) is 2.76. The van der Waals surface area contributed by atoms with Crippen LogP contribution in [0.4, 0.5) is 8.78 Å². The van der Waals surface area contributed by atoms with Crippen LogP contribution in [0.1, 0.15) is 31.9 Å². The Morgan fingerprint density at radius 3 is 1.95 bits per heavy atom. The molecule has 0 unspecified atom stereocenters. The van der Waals surface area contributed by atoms with Crippen LogP contribution < -0.4 is 0 Å². The van der Waals surface area contributed by atoms with Crippen LogP contribution in [0.5, 0.6) is 0 Å². The van der Waals surface area contributed by atoms with Crippen molar-refractivity contribution in [1.29, 1.82) is 0 Å². The van der Waals surface area contributed by atoms with Gasteiger partial charge in [-0.1, -0.05) is 44.7 Å². The van der Waals surface area contributed by atoms with Crippen molar-refractivity contribution in [3.63, 3.8) is 0 Å². The van der Waals surface area contributed by atoms with Crippen molar-refractivity contribution >= 4 is 11.8 Å². The lowest BCUT2D eigenvalue weighted by atomic mass is 9.87. The zero-order chi connectivity index (χ0) is 15.6. The van der Waals surface area contributed by atoms with Gasteiger partial charge in [-0.25, -0.2) is 8.78 Å². The highest BCUT2D eigenvalue weighted by molar-refractivity contribution is 7.99. The number of halogens is 2. The van der Waals surface area contributed by atoms with E-state index < -0.39 is 11.6 Å². The zero-order valence-electron chi connectivity index (χ0n) is 12.3. The van der Waals surface area contributed by atoms with Crippen molar-refractivity contribution in [2.45, 2.75) is 42.6 Å². The first-order valence-corrected chi connectivity index (χ1v) is 7.50. The normalized spacial score (nSPS) is 11.7. The van der Waals surface area contributed by atoms with Gasteiger partial charge in [-0.3, -0.25) is 0 Å². The van der Waals surface area contributed by atoms with E-state index >= 15 is 0 Å². The number of benzene rings is 2. The Bertz CT molecular complexity index is 607. The molecule has 0 amide bonds. The first-order chi connectivity index (χ1) is 9.81. The molecule has 2 rings (SSSR count). The molecule has 21 heavy (non-hydrogen) atoms. The van der Waals surface area contributed by atoms with Crippen LogP contribution >= 0.6 is 11.8 Å². The second-order valence-corrected chi connectivity index (χ2v) is 7.01. The van der Waals surface area contributed by atoms with Gasteiger partial charge in [-0.15, -0.1) is 0 Å². The molecule has 2 aromatic rings. The highest BCUT2D eigenvalue weighted by Gasteiger charge is 2.15. The summed E-state index contributed by atoms with van der Waals surface area (Å²) >= 11 is 1.05. The van der Waals surface area contributed by atoms with E-state index in [1.165, 1.54) is 5.56 Å². The minimum absolute atomic E-state index is 0.0441. The summed E-state index contributed by atoms with van der Waals surface area (Å²) in [5.41, 5.74) is 1.45. The summed E-state index contributed by atoms with van der Waals surface area (Å²) in [5, 5.41) is 8.93. The van der Waals surface area contributed by atoms with Crippen LogP contribution in [-0.4, -0.2) is 5.11 Å². The van der Waals surface area contributed by atoms with Gasteiger partial charge in [-0.2, -0.15) is 0 Å². The molecule has 0 aliphatic rings. The number of aliphatic hydroxyl groups is 1. The summed E-state index contributed by atoms with van der Waals surface area (Å²) in [6, 6.07) is 10.00. The molecular weight excluding hydrogens is 290 g/mol. The SMILES string of the molecule is CC(C)(C)c1ccc(Sc2c(F)cc(CO)cc2F)cc1. The van der Waals surface area contributed by atoms with Gasteiger partial charge in [0.05, 0.1) is 11.5 Å². The minimum Gasteiger partial charge on any atom is -0.392 e. The predicted molar refractivity (Wildman–Crippen MR) is 81.5 cm³/mol. The molecule has 0 atom stereocenters. The lowest BCUT2D eigenvalue weighted by molar-refractivity contribution is 0.280. The number of aliphatic hydroxyl groups excluding tert-OH is 1. The highest BCUT2D eigenvalue weighted by atomic mass is 32.2. The van der Waals surface area contributed by atoms with Gasteiger partial charge in [0.15, 0.2) is 0 Å². The lowest BCUT2D eigenvalue weighted by Crippen LogP contribution is -2.10. The maximum absolute atomic E-state index is 13.9. The Morgan fingerprint density at radius 2 is 1.52 bits per heavy atom. The molecule has 112 valence electrons. The molecule has 0 spiro atoms. The third-order valence-electron chi connectivity index (χ3n) is 3.18. The molecule has 0 aliphatic carbocycles. The summed E-state index contributed by atoms with van der Waals surface area (Å²) < 4.78 is 27.8. The van der Waals surface area contributed by atoms with Gasteiger partial charge in [0.2, 0.25) is 0 Å². The van der Waals surface area contributed by atoms with Crippen molar-refractivity contribution < 1.29 is 13.9 Å². The molecule has 0 aromatic heterocycles. The minimum atomic E-state index is -0.649. The van der Waals surface area contributed by atoms with Gasteiger partial charge in [0.1, 0.15) is 11.6 Å². The number of rotatable bonds is 3. The van der Waals surface area contributed by atoms with Crippen LogP contribution in [0.25, 0.3) is 0 Å². The average Bonchev–Trinajstić information content (AvgIpc) is 2.42. The van der Waals surface area contributed by atoms with Crippen molar-refractivity contribution in [3.05, 3.63) is 59.2 Å². The molecule has 4 heteroatoms. The standard InChI is InChI=1S/C17H18F2OS/c1-17(2,3)12-4-6-13(7-5-12)21-16-14(18)8-11(10-20)9-15(16)19/h4-9,20H,10H2,1-3H3. The van der Waals surface area contributed by atoms with E-state index in [1.54, 1.807) is 0 Å². The largest absolute Gasteiger partial charge is 0.392 e. The molecule has 0 fully saturated rings. The van der Waals surface area contributed by atoms with E-state index in [0.29, 0.717) is 0 Å². The Morgan fingerprint density at radius 1 is 1.00 bits per heavy atom. The maximum atomic E-state index is 13.9. The summed E-state index contributed by atoms with van der Waals surface area (Å²) in [5.74, 6) is -1.30. The molecule has 0 aliphatic heterocycles. The van der Waals surface area contributed by atoms with E-state index in [4.69, 9.17) is 5.11 Å². The zero-order valence-corrected chi connectivity index (χ0v) is 13.1. The van der Waals surface area contributed by atoms with Crippen molar-refractivity contribution in [2.75, 3.05) is 0 Å². The first kappa shape index (κ1) is 16.0. The van der Waals surface area contributed by atoms with E-state index in [9.17, 15) is 8.78 Å². The van der Waals surface area contributed by atoms with Gasteiger partial charge < -0.3 is 5.11 Å². The Hall–Kier alpha value is -1.39. The van der Waals surface area contributed by atoms with Gasteiger partial charge in [-0.05, 0) is 40.8 Å². The monoisotopic (exact) mass is 308 g/mol. The van der Waals surface area contributed by atoms with Crippen LogP contribution in [-0.2, 0) is 12.0 Å². The second-order valence-electron chi connectivity index (χ2n) is 5.92. The summed E-state index contributed by atoms with van der Waals surface area (Å²) in [4.78, 5) is 0.730. The molecule has 2 aromatic carbocycles. The fourth-order valence-electron chi connectivity index (χ4n) is 1.94. The Labute approximate surface area is 128 Å². The molecule has 0 saturated carbocycles. The molecule has 0 saturated heterocycles. The summed E-state index contributed by atoms with van der Waals surface area (Å²) in [7, 11) is 0. The van der Waals surface area contributed by atoms with Crippen LogP contribution in [0.15, 0.2) is 46.2 Å². The molecule has 0 bridgehead atoms. The molecule has 1 nitrogen and oxygen atoms in total. The third kappa shape index (κ3) is 3.83. The lowest BCUT2D eigenvalue weighted by Gasteiger charge is -2.19. The van der Waals surface area contributed by atoms with Crippen molar-refractivity contribution in [2.24, 2.45) is 0 Å². The summed E-state index contributed by atoms with van der Waals surface area (Å²) in [6.45, 7) is 5.96. The molecule has 1 N–H and O–H groups in total. The van der Waals surface area contributed by atoms with E-state index in [-0.39, 0.29) is 22.5 Å². The topological polar surface area (TPSA) is 20.2 Å². The van der Waals surface area contributed by atoms with Crippen LogP contribution in [0.3, 0.4) is 0 Å². The van der Waals surface area contributed by atoms with Gasteiger partial charge >= 0.3 is 0 Å². The Balaban J connectivity index is 2.26. The molecular formula is C17H18F2OS. The smallest absolute Gasteiger partial charge is 0.140 e. The first-order valence-electron chi connectivity index (χ1n) is 6.68. The number of hydrogen-bond acceptors (Lipinski definition) is 2. The molecule has 0 radical (unpaired) electrons. The van der Waals surface area contributed by atoms with Crippen LogP contribution in [0, 0.1) is 11.6 Å². The van der Waals surface area contributed by atoms with Gasteiger partial charge in [0, 0.05) is 4.90 Å². The highest BCUT2D eigenvalue weighted by Crippen LogP contribution is 2.34. The van der Waals surface area contributed by atoms with Gasteiger partial charge in [0.25, 0.3) is 0 Å². The van der Waals surface area contributed by atoms with Crippen molar-refractivity contribution in [1.82, 2.24) is 0 Å². The maximum Gasteiger partial charge on any atom is 0.140 e. The van der Waals surface area contributed by atoms with E-state index in [2.05, 4.69) is 20.8 Å². The number of hydrogen-bond donors (Lipinski definition) is 1.